The number of nitrogens with two attached hydrogens (primary N) is 1. The highest BCUT2D eigenvalue weighted by molar-refractivity contribution is 5.77. The largest absolute Gasteiger partial charge is 0.479 e. The van der Waals surface area contributed by atoms with E-state index in [2.05, 4.69) is 15.0 Å². The molecule has 3 N–H and O–H groups in total. The number of anilines is 1. The number of aliphatic hydroxyl groups excluding tert-OH is 1. The lowest BCUT2D eigenvalue weighted by molar-refractivity contribution is -0.144. The van der Waals surface area contributed by atoms with Crippen LogP contribution in [-0.4, -0.2) is 69.9 Å². The molecule has 2 aromatic rings. The van der Waals surface area contributed by atoms with Gasteiger partial charge in [-0.05, 0) is 13.3 Å². The van der Waals surface area contributed by atoms with Gasteiger partial charge in [0, 0.05) is 13.7 Å². The van der Waals surface area contributed by atoms with Crippen LogP contribution in [-0.2, 0) is 14.2 Å². The van der Waals surface area contributed by atoms with Crippen molar-refractivity contribution >= 4 is 17.1 Å². The first-order valence-corrected chi connectivity index (χ1v) is 8.47. The summed E-state index contributed by atoms with van der Waals surface area (Å²) in [6, 6.07) is 0. The molecule has 26 heavy (non-hydrogen) atoms. The van der Waals surface area contributed by atoms with E-state index in [1.807, 2.05) is 13.8 Å². The Morgan fingerprint density at radius 1 is 1.38 bits per heavy atom. The van der Waals surface area contributed by atoms with Gasteiger partial charge in [0.25, 0.3) is 0 Å². The van der Waals surface area contributed by atoms with Gasteiger partial charge in [0.2, 0.25) is 11.8 Å². The van der Waals surface area contributed by atoms with E-state index in [1.54, 1.807) is 18.0 Å². The van der Waals surface area contributed by atoms with E-state index < -0.39 is 24.0 Å². The number of fused-ring (bicyclic) bond motifs is 1. The molecule has 0 radical (unpaired) electrons. The van der Waals surface area contributed by atoms with Crippen molar-refractivity contribution < 1.29 is 24.1 Å². The number of hydrogen-bond acceptors (Lipinski definition) is 9. The molecule has 10 heteroatoms. The Hall–Kier alpha value is -2.01. The standard InChI is InChI=1S/C16H25N5O5/c1-5-6-25-16(2)11(23-3)9(7-22)26-14(16)21-8-18-10-12(21)19-15(17)20-13(10)24-4/h8-9,11,14,22H,5-7H2,1-4H3,(H2,17,19,20). The fourth-order valence-electron chi connectivity index (χ4n) is 3.44. The molecule has 10 nitrogen and oxygen atoms in total. The van der Waals surface area contributed by atoms with Crippen molar-refractivity contribution in [2.24, 2.45) is 0 Å². The van der Waals surface area contributed by atoms with Crippen molar-refractivity contribution in [3.8, 4) is 5.88 Å². The van der Waals surface area contributed by atoms with Crippen molar-refractivity contribution in [3.05, 3.63) is 6.33 Å². The van der Waals surface area contributed by atoms with Crippen molar-refractivity contribution in [1.82, 2.24) is 19.5 Å². The Morgan fingerprint density at radius 3 is 2.77 bits per heavy atom. The zero-order valence-electron chi connectivity index (χ0n) is 15.4. The van der Waals surface area contributed by atoms with Crippen LogP contribution in [0.1, 0.15) is 26.5 Å². The minimum atomic E-state index is -0.862. The van der Waals surface area contributed by atoms with Gasteiger partial charge in [0.05, 0.1) is 20.0 Å². The zero-order chi connectivity index (χ0) is 18.9. The lowest BCUT2D eigenvalue weighted by atomic mass is 9.95. The van der Waals surface area contributed by atoms with Gasteiger partial charge in [0.15, 0.2) is 17.4 Å². The first-order valence-electron chi connectivity index (χ1n) is 8.47. The Labute approximate surface area is 151 Å². The van der Waals surface area contributed by atoms with Crippen LogP contribution in [0.2, 0.25) is 0 Å². The van der Waals surface area contributed by atoms with Crippen LogP contribution in [0.5, 0.6) is 5.88 Å². The third-order valence-corrected chi connectivity index (χ3v) is 4.60. The van der Waals surface area contributed by atoms with Crippen LogP contribution in [0.15, 0.2) is 6.33 Å². The summed E-state index contributed by atoms with van der Waals surface area (Å²) >= 11 is 0. The number of rotatable bonds is 7. The predicted octanol–water partition coefficient (Wildman–Crippen LogP) is 0.507. The summed E-state index contributed by atoms with van der Waals surface area (Å²) in [6.07, 6.45) is 0.760. The van der Waals surface area contributed by atoms with Gasteiger partial charge >= 0.3 is 0 Å². The molecule has 3 heterocycles. The van der Waals surface area contributed by atoms with E-state index in [0.717, 1.165) is 6.42 Å². The highest BCUT2D eigenvalue weighted by Gasteiger charge is 2.56. The van der Waals surface area contributed by atoms with Gasteiger partial charge in [-0.1, -0.05) is 6.92 Å². The topological polar surface area (TPSA) is 127 Å². The molecule has 0 amide bonds. The maximum atomic E-state index is 9.73. The van der Waals surface area contributed by atoms with Gasteiger partial charge in [-0.25, -0.2) is 4.98 Å². The van der Waals surface area contributed by atoms with E-state index >= 15 is 0 Å². The molecule has 1 aliphatic rings. The van der Waals surface area contributed by atoms with Gasteiger partial charge < -0.3 is 29.8 Å². The highest BCUT2D eigenvalue weighted by Crippen LogP contribution is 2.43. The highest BCUT2D eigenvalue weighted by atomic mass is 16.6. The minimum Gasteiger partial charge on any atom is -0.479 e. The van der Waals surface area contributed by atoms with Crippen LogP contribution < -0.4 is 10.5 Å². The molecule has 0 spiro atoms. The van der Waals surface area contributed by atoms with Crippen molar-refractivity contribution in [1.29, 1.82) is 0 Å². The maximum Gasteiger partial charge on any atom is 0.246 e. The quantitative estimate of drug-likeness (QED) is 0.719. The summed E-state index contributed by atoms with van der Waals surface area (Å²) in [6.45, 7) is 4.23. The smallest absolute Gasteiger partial charge is 0.246 e. The van der Waals surface area contributed by atoms with Crippen LogP contribution in [0.4, 0.5) is 5.95 Å². The summed E-state index contributed by atoms with van der Waals surface area (Å²) in [7, 11) is 3.06. The Bertz CT molecular complexity index is 769. The Balaban J connectivity index is 2.11. The third kappa shape index (κ3) is 2.88. The third-order valence-electron chi connectivity index (χ3n) is 4.60. The zero-order valence-corrected chi connectivity index (χ0v) is 15.4. The molecule has 0 bridgehead atoms. The summed E-state index contributed by atoms with van der Waals surface area (Å²) in [5.74, 6) is 0.342. The molecule has 144 valence electrons. The van der Waals surface area contributed by atoms with Crippen molar-refractivity contribution in [2.75, 3.05) is 33.2 Å². The number of methoxy groups -OCH3 is 2. The average molecular weight is 367 g/mol. The summed E-state index contributed by atoms with van der Waals surface area (Å²) in [5.41, 5.74) is 5.86. The van der Waals surface area contributed by atoms with Gasteiger partial charge in [0.1, 0.15) is 17.8 Å². The molecular formula is C16H25N5O5. The summed E-state index contributed by atoms with van der Waals surface area (Å²) in [5, 5.41) is 9.73. The number of aliphatic hydroxyl groups is 1. The number of imidazole rings is 1. The summed E-state index contributed by atoms with van der Waals surface area (Å²) < 4.78 is 24.8. The van der Waals surface area contributed by atoms with Crippen LogP contribution in [0.25, 0.3) is 11.2 Å². The second-order valence-corrected chi connectivity index (χ2v) is 6.31. The Kier molecular flexibility index (Phi) is 5.28. The fraction of sp³-hybridized carbons (Fsp3) is 0.688. The second kappa shape index (κ2) is 7.31. The number of nitrogen functional groups attached to an aromatic ring is 1. The Morgan fingerprint density at radius 2 is 2.15 bits per heavy atom. The maximum absolute atomic E-state index is 9.73. The van der Waals surface area contributed by atoms with E-state index in [4.69, 9.17) is 24.7 Å². The fourth-order valence-corrected chi connectivity index (χ4v) is 3.44. The van der Waals surface area contributed by atoms with Crippen LogP contribution in [0.3, 0.4) is 0 Å². The molecule has 4 unspecified atom stereocenters. The number of hydrogen-bond donors (Lipinski definition) is 2. The SMILES string of the molecule is CCCOC1(C)C(OC)C(CO)OC1n1cnc2c(OC)nc(N)nc21. The molecule has 1 fully saturated rings. The van der Waals surface area contributed by atoms with Crippen LogP contribution >= 0.6 is 0 Å². The summed E-state index contributed by atoms with van der Waals surface area (Å²) in [4.78, 5) is 12.7. The molecule has 0 aliphatic carbocycles. The molecule has 2 aromatic heterocycles. The van der Waals surface area contributed by atoms with Gasteiger partial charge in [-0.15, -0.1) is 0 Å². The van der Waals surface area contributed by atoms with Crippen molar-refractivity contribution in [3.63, 3.8) is 0 Å². The lowest BCUT2D eigenvalue weighted by Gasteiger charge is -2.34. The molecular weight excluding hydrogens is 342 g/mol. The molecule has 3 rings (SSSR count). The molecule has 0 saturated carbocycles. The van der Waals surface area contributed by atoms with E-state index in [0.29, 0.717) is 17.8 Å². The molecule has 1 saturated heterocycles. The average Bonchev–Trinajstić information content (AvgIpc) is 3.17. The minimum absolute atomic E-state index is 0.0623. The monoisotopic (exact) mass is 367 g/mol. The second-order valence-electron chi connectivity index (χ2n) is 6.31. The van der Waals surface area contributed by atoms with Gasteiger partial charge in [-0.2, -0.15) is 9.97 Å². The molecule has 1 aliphatic heterocycles. The van der Waals surface area contributed by atoms with Gasteiger partial charge in [-0.3, -0.25) is 4.57 Å². The van der Waals surface area contributed by atoms with E-state index in [1.165, 1.54) is 7.11 Å². The molecule has 4 atom stereocenters. The van der Waals surface area contributed by atoms with E-state index in [9.17, 15) is 5.11 Å². The normalized spacial score (nSPS) is 28.7. The number of ether oxygens (including phenoxy) is 4. The number of nitrogens with zero attached hydrogens (tertiary/aromatic N) is 4. The van der Waals surface area contributed by atoms with Crippen molar-refractivity contribution in [2.45, 2.75) is 44.3 Å². The number of aromatic nitrogens is 4. The van der Waals surface area contributed by atoms with E-state index in [-0.39, 0.29) is 18.4 Å². The molecule has 0 aromatic carbocycles. The first-order chi connectivity index (χ1) is 12.5. The lowest BCUT2D eigenvalue weighted by Crippen LogP contribution is -2.48. The predicted molar refractivity (Wildman–Crippen MR) is 92.7 cm³/mol. The first kappa shape index (κ1) is 18.8. The van der Waals surface area contributed by atoms with Crippen LogP contribution in [0, 0.1) is 0 Å².